The van der Waals surface area contributed by atoms with Crippen LogP contribution < -0.4 is 4.90 Å². The number of unbranched alkanes of at least 4 members (excludes halogenated alkanes) is 1. The monoisotopic (exact) mass is 201 g/mol. The zero-order chi connectivity index (χ0) is 10.5. The fraction of sp³-hybridized carbons (Fsp3) is 0.429. The van der Waals surface area contributed by atoms with Crippen molar-refractivity contribution in [2.24, 2.45) is 0 Å². The SMILES string of the molecule is CCC/C=C/CN1CCc2ccccc21. The predicted molar refractivity (Wildman–Crippen MR) is 66.4 cm³/mol. The van der Waals surface area contributed by atoms with Crippen LogP contribution in [0.4, 0.5) is 5.69 Å². The van der Waals surface area contributed by atoms with E-state index in [4.69, 9.17) is 0 Å². The summed E-state index contributed by atoms with van der Waals surface area (Å²) in [7, 11) is 0. The summed E-state index contributed by atoms with van der Waals surface area (Å²) in [5, 5.41) is 0. The van der Waals surface area contributed by atoms with Crippen molar-refractivity contribution in [2.45, 2.75) is 26.2 Å². The minimum Gasteiger partial charge on any atom is -0.367 e. The van der Waals surface area contributed by atoms with Crippen LogP contribution in [0.15, 0.2) is 36.4 Å². The molecule has 1 aromatic rings. The highest BCUT2D eigenvalue weighted by Crippen LogP contribution is 2.26. The van der Waals surface area contributed by atoms with Gasteiger partial charge in [-0.2, -0.15) is 0 Å². The van der Waals surface area contributed by atoms with Gasteiger partial charge in [-0.3, -0.25) is 0 Å². The van der Waals surface area contributed by atoms with Crippen LogP contribution in [-0.4, -0.2) is 13.1 Å². The Labute approximate surface area is 92.4 Å². The van der Waals surface area contributed by atoms with E-state index < -0.39 is 0 Å². The van der Waals surface area contributed by atoms with Crippen molar-refractivity contribution < 1.29 is 0 Å². The molecule has 0 amide bonds. The minimum absolute atomic E-state index is 1.07. The molecule has 0 atom stereocenters. The van der Waals surface area contributed by atoms with Crippen molar-refractivity contribution in [1.29, 1.82) is 0 Å². The number of rotatable bonds is 4. The number of anilines is 1. The Kier molecular flexibility index (Phi) is 3.44. The standard InChI is InChI=1S/C14H19N/c1-2-3-4-7-11-15-12-10-13-8-5-6-9-14(13)15/h4-9H,2-3,10-12H2,1H3/b7-4+. The fourth-order valence-electron chi connectivity index (χ4n) is 2.08. The number of allylic oxidation sites excluding steroid dienone is 1. The molecule has 0 aromatic heterocycles. The molecule has 1 aliphatic heterocycles. The molecule has 15 heavy (non-hydrogen) atoms. The van der Waals surface area contributed by atoms with Crippen LogP contribution >= 0.6 is 0 Å². The summed E-state index contributed by atoms with van der Waals surface area (Å²) >= 11 is 0. The van der Waals surface area contributed by atoms with E-state index >= 15 is 0 Å². The predicted octanol–water partition coefficient (Wildman–Crippen LogP) is 3.41. The van der Waals surface area contributed by atoms with Gasteiger partial charge in [0.25, 0.3) is 0 Å². The molecule has 0 N–H and O–H groups in total. The summed E-state index contributed by atoms with van der Waals surface area (Å²) in [6, 6.07) is 8.74. The van der Waals surface area contributed by atoms with E-state index in [9.17, 15) is 0 Å². The van der Waals surface area contributed by atoms with E-state index in [-0.39, 0.29) is 0 Å². The minimum atomic E-state index is 1.07. The normalized spacial score (nSPS) is 14.9. The molecule has 1 heteroatoms. The van der Waals surface area contributed by atoms with E-state index in [1.165, 1.54) is 37.1 Å². The molecule has 1 aliphatic rings. The van der Waals surface area contributed by atoms with Gasteiger partial charge in [0.1, 0.15) is 0 Å². The van der Waals surface area contributed by atoms with Gasteiger partial charge in [-0.25, -0.2) is 0 Å². The van der Waals surface area contributed by atoms with Crippen LogP contribution in [0.3, 0.4) is 0 Å². The molecule has 1 aromatic carbocycles. The summed E-state index contributed by atoms with van der Waals surface area (Å²) in [6.07, 6.45) is 8.24. The second-order valence-electron chi connectivity index (χ2n) is 4.08. The van der Waals surface area contributed by atoms with Crippen molar-refractivity contribution >= 4 is 5.69 Å². The van der Waals surface area contributed by atoms with E-state index in [0.29, 0.717) is 0 Å². The summed E-state index contributed by atoms with van der Waals surface area (Å²) in [5.41, 5.74) is 2.93. The van der Waals surface area contributed by atoms with Gasteiger partial charge < -0.3 is 4.90 Å². The number of benzene rings is 1. The Hall–Kier alpha value is -1.24. The largest absolute Gasteiger partial charge is 0.367 e. The lowest BCUT2D eigenvalue weighted by molar-refractivity contribution is 0.894. The second-order valence-corrected chi connectivity index (χ2v) is 4.08. The zero-order valence-electron chi connectivity index (χ0n) is 9.45. The Bertz CT molecular complexity index is 341. The Balaban J connectivity index is 1.96. The summed E-state index contributed by atoms with van der Waals surface area (Å²) in [5.74, 6) is 0. The Morgan fingerprint density at radius 2 is 2.13 bits per heavy atom. The van der Waals surface area contributed by atoms with Crippen molar-refractivity contribution in [1.82, 2.24) is 0 Å². The first-order chi connectivity index (χ1) is 7.42. The van der Waals surface area contributed by atoms with E-state index in [0.717, 1.165) is 6.54 Å². The van der Waals surface area contributed by atoms with Gasteiger partial charge in [0, 0.05) is 18.8 Å². The van der Waals surface area contributed by atoms with Gasteiger partial charge in [-0.1, -0.05) is 43.7 Å². The van der Waals surface area contributed by atoms with Crippen molar-refractivity contribution in [3.05, 3.63) is 42.0 Å². The second kappa shape index (κ2) is 5.01. The lowest BCUT2D eigenvalue weighted by atomic mass is 10.2. The summed E-state index contributed by atoms with van der Waals surface area (Å²) in [4.78, 5) is 2.46. The molecule has 0 bridgehead atoms. The lowest BCUT2D eigenvalue weighted by Crippen LogP contribution is -2.19. The van der Waals surface area contributed by atoms with Gasteiger partial charge in [0.05, 0.1) is 0 Å². The first-order valence-electron chi connectivity index (χ1n) is 5.89. The van der Waals surface area contributed by atoms with Gasteiger partial charge in [-0.15, -0.1) is 0 Å². The van der Waals surface area contributed by atoms with Gasteiger partial charge in [-0.05, 0) is 24.5 Å². The third-order valence-corrected chi connectivity index (χ3v) is 2.93. The molecule has 1 nitrogen and oxygen atoms in total. The highest BCUT2D eigenvalue weighted by molar-refractivity contribution is 5.58. The molecule has 0 spiro atoms. The molecule has 0 unspecified atom stereocenters. The Morgan fingerprint density at radius 3 is 3.00 bits per heavy atom. The molecule has 0 saturated heterocycles. The van der Waals surface area contributed by atoms with Crippen LogP contribution in [-0.2, 0) is 6.42 Å². The summed E-state index contributed by atoms with van der Waals surface area (Å²) in [6.45, 7) is 4.46. The van der Waals surface area contributed by atoms with Crippen molar-refractivity contribution in [2.75, 3.05) is 18.0 Å². The number of hydrogen-bond acceptors (Lipinski definition) is 1. The van der Waals surface area contributed by atoms with Crippen LogP contribution in [0.5, 0.6) is 0 Å². The van der Waals surface area contributed by atoms with E-state index in [1.807, 2.05) is 0 Å². The molecule has 1 heterocycles. The first-order valence-corrected chi connectivity index (χ1v) is 5.89. The molecule has 80 valence electrons. The quantitative estimate of drug-likeness (QED) is 0.675. The topological polar surface area (TPSA) is 3.24 Å². The molecule has 0 fully saturated rings. The van der Waals surface area contributed by atoms with Gasteiger partial charge in [0.2, 0.25) is 0 Å². The molecule has 0 radical (unpaired) electrons. The van der Waals surface area contributed by atoms with E-state index in [2.05, 4.69) is 48.2 Å². The van der Waals surface area contributed by atoms with Crippen molar-refractivity contribution in [3.8, 4) is 0 Å². The smallest absolute Gasteiger partial charge is 0.0402 e. The summed E-state index contributed by atoms with van der Waals surface area (Å²) < 4.78 is 0. The lowest BCUT2D eigenvalue weighted by Gasteiger charge is -2.16. The Morgan fingerprint density at radius 1 is 1.27 bits per heavy atom. The maximum absolute atomic E-state index is 2.46. The number of hydrogen-bond donors (Lipinski definition) is 0. The van der Waals surface area contributed by atoms with Gasteiger partial charge >= 0.3 is 0 Å². The van der Waals surface area contributed by atoms with Crippen molar-refractivity contribution in [3.63, 3.8) is 0 Å². The highest BCUT2D eigenvalue weighted by Gasteiger charge is 2.16. The third-order valence-electron chi connectivity index (χ3n) is 2.93. The average molecular weight is 201 g/mol. The molecular weight excluding hydrogens is 182 g/mol. The van der Waals surface area contributed by atoms with E-state index in [1.54, 1.807) is 0 Å². The maximum atomic E-state index is 2.46. The number of para-hydroxylation sites is 1. The highest BCUT2D eigenvalue weighted by atomic mass is 15.1. The average Bonchev–Trinajstić information content (AvgIpc) is 2.68. The van der Waals surface area contributed by atoms with Crippen LogP contribution in [0.1, 0.15) is 25.3 Å². The molecule has 0 aliphatic carbocycles. The molecule has 2 rings (SSSR count). The van der Waals surface area contributed by atoms with Gasteiger partial charge in [0.15, 0.2) is 0 Å². The van der Waals surface area contributed by atoms with Crippen LogP contribution in [0, 0.1) is 0 Å². The first kappa shape index (κ1) is 10.3. The maximum Gasteiger partial charge on any atom is 0.0402 e. The fourth-order valence-corrected chi connectivity index (χ4v) is 2.08. The third kappa shape index (κ3) is 2.41. The van der Waals surface area contributed by atoms with Crippen LogP contribution in [0.2, 0.25) is 0 Å². The number of fused-ring (bicyclic) bond motifs is 1. The van der Waals surface area contributed by atoms with Crippen LogP contribution in [0.25, 0.3) is 0 Å². The number of nitrogens with zero attached hydrogens (tertiary/aromatic N) is 1. The molecular formula is C14H19N. The zero-order valence-corrected chi connectivity index (χ0v) is 9.45. The molecule has 0 saturated carbocycles.